The maximum atomic E-state index is 11.9. The SMILES string of the molecule is CCc1nc(C(=O)Nc2ccc(Br)c([N+](=O)[O-])c2)n[nH]1. The van der Waals surface area contributed by atoms with Crippen molar-refractivity contribution in [3.05, 3.63) is 44.4 Å². The molecule has 0 radical (unpaired) electrons. The number of nitrogens with zero attached hydrogens (tertiary/aromatic N) is 3. The molecule has 0 fully saturated rings. The number of anilines is 1. The molecular formula is C11H10BrN5O3. The highest BCUT2D eigenvalue weighted by Gasteiger charge is 2.16. The van der Waals surface area contributed by atoms with Gasteiger partial charge in [-0.15, -0.1) is 5.10 Å². The van der Waals surface area contributed by atoms with E-state index in [4.69, 9.17) is 0 Å². The molecule has 104 valence electrons. The number of hydrogen-bond donors (Lipinski definition) is 2. The van der Waals surface area contributed by atoms with E-state index in [0.717, 1.165) is 0 Å². The third-order valence-electron chi connectivity index (χ3n) is 2.47. The van der Waals surface area contributed by atoms with E-state index in [2.05, 4.69) is 36.4 Å². The molecule has 0 saturated heterocycles. The van der Waals surface area contributed by atoms with E-state index in [-0.39, 0.29) is 11.5 Å². The number of benzene rings is 1. The first-order valence-corrected chi connectivity index (χ1v) is 6.47. The van der Waals surface area contributed by atoms with Crippen LogP contribution in [0.4, 0.5) is 11.4 Å². The summed E-state index contributed by atoms with van der Waals surface area (Å²) >= 11 is 3.07. The van der Waals surface area contributed by atoms with Gasteiger partial charge >= 0.3 is 0 Å². The van der Waals surface area contributed by atoms with Crippen LogP contribution >= 0.6 is 15.9 Å². The number of carbonyl (C=O) groups is 1. The molecule has 2 N–H and O–H groups in total. The smallest absolute Gasteiger partial charge is 0.295 e. The molecule has 0 spiro atoms. The number of rotatable bonds is 4. The van der Waals surface area contributed by atoms with Crippen molar-refractivity contribution >= 4 is 33.2 Å². The Balaban J connectivity index is 2.19. The zero-order chi connectivity index (χ0) is 14.7. The van der Waals surface area contributed by atoms with Gasteiger partial charge in [-0.05, 0) is 28.1 Å². The number of halogens is 1. The third kappa shape index (κ3) is 2.99. The monoisotopic (exact) mass is 339 g/mol. The summed E-state index contributed by atoms with van der Waals surface area (Å²) < 4.78 is 0.340. The Kier molecular flexibility index (Phi) is 4.08. The molecule has 0 aliphatic carbocycles. The Morgan fingerprint density at radius 2 is 2.30 bits per heavy atom. The Hall–Kier alpha value is -2.29. The zero-order valence-corrected chi connectivity index (χ0v) is 12.0. The maximum Gasteiger partial charge on any atom is 0.295 e. The quantitative estimate of drug-likeness (QED) is 0.655. The van der Waals surface area contributed by atoms with Crippen molar-refractivity contribution in [2.45, 2.75) is 13.3 Å². The van der Waals surface area contributed by atoms with Crippen molar-refractivity contribution < 1.29 is 9.72 Å². The van der Waals surface area contributed by atoms with Crippen LogP contribution in [-0.4, -0.2) is 26.0 Å². The molecule has 1 heterocycles. The molecular weight excluding hydrogens is 330 g/mol. The fourth-order valence-corrected chi connectivity index (χ4v) is 1.86. The lowest BCUT2D eigenvalue weighted by atomic mass is 10.3. The molecule has 1 aromatic heterocycles. The summed E-state index contributed by atoms with van der Waals surface area (Å²) in [6.45, 7) is 1.88. The predicted molar refractivity (Wildman–Crippen MR) is 74.5 cm³/mol. The van der Waals surface area contributed by atoms with E-state index in [1.165, 1.54) is 12.1 Å². The number of aromatic amines is 1. The molecule has 20 heavy (non-hydrogen) atoms. The third-order valence-corrected chi connectivity index (χ3v) is 3.14. The minimum absolute atomic E-state index is 0.00702. The second-order valence-electron chi connectivity index (χ2n) is 3.84. The Labute approximate surface area is 121 Å². The summed E-state index contributed by atoms with van der Waals surface area (Å²) in [6, 6.07) is 4.29. The summed E-state index contributed by atoms with van der Waals surface area (Å²) in [5, 5.41) is 19.7. The van der Waals surface area contributed by atoms with Gasteiger partial charge in [-0.1, -0.05) is 6.92 Å². The summed E-state index contributed by atoms with van der Waals surface area (Å²) in [5.41, 5.74) is 0.166. The maximum absolute atomic E-state index is 11.9. The van der Waals surface area contributed by atoms with Gasteiger partial charge in [-0.25, -0.2) is 4.98 Å². The van der Waals surface area contributed by atoms with Gasteiger partial charge in [0.25, 0.3) is 11.6 Å². The summed E-state index contributed by atoms with van der Waals surface area (Å²) in [7, 11) is 0. The molecule has 8 nitrogen and oxygen atoms in total. The molecule has 0 aliphatic heterocycles. The van der Waals surface area contributed by atoms with E-state index in [0.29, 0.717) is 22.4 Å². The minimum Gasteiger partial charge on any atom is -0.319 e. The predicted octanol–water partition coefficient (Wildman–Crippen LogP) is 2.29. The number of aromatic nitrogens is 3. The summed E-state index contributed by atoms with van der Waals surface area (Å²) in [4.78, 5) is 26.1. The van der Waals surface area contributed by atoms with Crippen LogP contribution in [0.3, 0.4) is 0 Å². The van der Waals surface area contributed by atoms with Crippen molar-refractivity contribution in [1.82, 2.24) is 15.2 Å². The van der Waals surface area contributed by atoms with Gasteiger partial charge in [0, 0.05) is 18.2 Å². The van der Waals surface area contributed by atoms with Crippen molar-refractivity contribution in [3.8, 4) is 0 Å². The van der Waals surface area contributed by atoms with Crippen LogP contribution in [0.15, 0.2) is 22.7 Å². The molecule has 0 saturated carbocycles. The lowest BCUT2D eigenvalue weighted by Gasteiger charge is -2.03. The van der Waals surface area contributed by atoms with Crippen molar-refractivity contribution in [1.29, 1.82) is 0 Å². The van der Waals surface area contributed by atoms with Crippen molar-refractivity contribution in [2.75, 3.05) is 5.32 Å². The van der Waals surface area contributed by atoms with Gasteiger partial charge in [-0.3, -0.25) is 20.0 Å². The topological polar surface area (TPSA) is 114 Å². The zero-order valence-electron chi connectivity index (χ0n) is 10.4. The normalized spacial score (nSPS) is 10.3. The van der Waals surface area contributed by atoms with Crippen LogP contribution < -0.4 is 5.32 Å². The number of nitro benzene ring substituents is 1. The van der Waals surface area contributed by atoms with Crippen molar-refractivity contribution in [2.24, 2.45) is 0 Å². The molecule has 1 amide bonds. The number of hydrogen-bond acceptors (Lipinski definition) is 5. The number of amides is 1. The Morgan fingerprint density at radius 1 is 1.55 bits per heavy atom. The number of H-pyrrole nitrogens is 1. The van der Waals surface area contributed by atoms with Crippen LogP contribution in [0.5, 0.6) is 0 Å². The first-order chi connectivity index (χ1) is 9.51. The van der Waals surface area contributed by atoms with Crippen LogP contribution in [-0.2, 0) is 6.42 Å². The van der Waals surface area contributed by atoms with Crippen LogP contribution in [0.25, 0.3) is 0 Å². The molecule has 9 heteroatoms. The van der Waals surface area contributed by atoms with Crippen LogP contribution in [0.2, 0.25) is 0 Å². The minimum atomic E-state index is -0.540. The van der Waals surface area contributed by atoms with E-state index in [9.17, 15) is 14.9 Å². The lowest BCUT2D eigenvalue weighted by Crippen LogP contribution is -2.14. The molecule has 0 unspecified atom stereocenters. The summed E-state index contributed by atoms with van der Waals surface area (Å²) in [6.07, 6.45) is 0.629. The lowest BCUT2D eigenvalue weighted by molar-refractivity contribution is -0.385. The van der Waals surface area contributed by atoms with Crippen LogP contribution in [0.1, 0.15) is 23.4 Å². The average Bonchev–Trinajstić information content (AvgIpc) is 2.89. The Bertz CT molecular complexity index is 670. The van der Waals surface area contributed by atoms with E-state index < -0.39 is 10.8 Å². The highest BCUT2D eigenvalue weighted by atomic mass is 79.9. The van der Waals surface area contributed by atoms with Gasteiger partial charge < -0.3 is 5.32 Å². The van der Waals surface area contributed by atoms with Gasteiger partial charge in [0.05, 0.1) is 9.40 Å². The largest absolute Gasteiger partial charge is 0.319 e. The van der Waals surface area contributed by atoms with Crippen molar-refractivity contribution in [3.63, 3.8) is 0 Å². The first-order valence-electron chi connectivity index (χ1n) is 5.67. The van der Waals surface area contributed by atoms with E-state index >= 15 is 0 Å². The first kappa shape index (κ1) is 14.1. The van der Waals surface area contributed by atoms with E-state index in [1.54, 1.807) is 6.07 Å². The Morgan fingerprint density at radius 3 is 2.90 bits per heavy atom. The number of nitro groups is 1. The molecule has 0 aliphatic rings. The van der Waals surface area contributed by atoms with Crippen LogP contribution in [0, 0.1) is 10.1 Å². The molecule has 0 atom stereocenters. The second kappa shape index (κ2) is 5.78. The standard InChI is InChI=1S/C11H10BrN5O3/c1-2-9-14-10(16-15-9)11(18)13-6-3-4-7(12)8(5-6)17(19)20/h3-5H,2H2,1H3,(H,13,18)(H,14,15,16). The fraction of sp³-hybridized carbons (Fsp3) is 0.182. The fourth-order valence-electron chi connectivity index (χ4n) is 1.47. The highest BCUT2D eigenvalue weighted by molar-refractivity contribution is 9.10. The number of carbonyl (C=O) groups excluding carboxylic acids is 1. The number of aryl methyl sites for hydroxylation is 1. The van der Waals surface area contributed by atoms with Gasteiger partial charge in [0.2, 0.25) is 5.82 Å². The second-order valence-corrected chi connectivity index (χ2v) is 4.69. The van der Waals surface area contributed by atoms with Gasteiger partial charge in [-0.2, -0.15) is 0 Å². The molecule has 1 aromatic carbocycles. The molecule has 2 rings (SSSR count). The summed E-state index contributed by atoms with van der Waals surface area (Å²) in [5.74, 6) is 0.0573. The van der Waals surface area contributed by atoms with E-state index in [1.807, 2.05) is 6.92 Å². The molecule has 0 bridgehead atoms. The number of nitrogens with one attached hydrogen (secondary N) is 2. The molecule has 2 aromatic rings. The van der Waals surface area contributed by atoms with Gasteiger partial charge in [0.15, 0.2) is 0 Å². The highest BCUT2D eigenvalue weighted by Crippen LogP contribution is 2.27. The average molecular weight is 340 g/mol. The van der Waals surface area contributed by atoms with Gasteiger partial charge in [0.1, 0.15) is 5.82 Å².